The van der Waals surface area contributed by atoms with Crippen molar-refractivity contribution >= 4 is 11.6 Å². The Morgan fingerprint density at radius 3 is 2.67 bits per heavy atom. The molecule has 0 spiro atoms. The van der Waals surface area contributed by atoms with Gasteiger partial charge in [-0.1, -0.05) is 31.5 Å². The molecule has 0 saturated heterocycles. The molecule has 1 aliphatic carbocycles. The molecular formula is C13H18ClN. The second kappa shape index (κ2) is 3.80. The van der Waals surface area contributed by atoms with Crippen LogP contribution >= 0.6 is 11.6 Å². The van der Waals surface area contributed by atoms with Gasteiger partial charge in [0.1, 0.15) is 0 Å². The Balaban J connectivity index is 2.44. The van der Waals surface area contributed by atoms with E-state index in [-0.39, 0.29) is 11.5 Å². The van der Waals surface area contributed by atoms with Gasteiger partial charge in [0.2, 0.25) is 0 Å². The van der Waals surface area contributed by atoms with Crippen LogP contribution in [0.4, 0.5) is 0 Å². The van der Waals surface area contributed by atoms with E-state index in [4.69, 9.17) is 17.3 Å². The molecular weight excluding hydrogens is 206 g/mol. The van der Waals surface area contributed by atoms with Crippen LogP contribution in [0.5, 0.6) is 0 Å². The normalized spacial score (nSPS) is 22.8. The fraction of sp³-hybridized carbons (Fsp3) is 0.538. The number of fused-ring (bicyclic) bond motifs is 1. The first-order valence-corrected chi connectivity index (χ1v) is 6.04. The van der Waals surface area contributed by atoms with Crippen molar-refractivity contribution in [2.45, 2.75) is 39.2 Å². The van der Waals surface area contributed by atoms with E-state index in [2.05, 4.69) is 19.9 Å². The molecule has 0 unspecified atom stereocenters. The van der Waals surface area contributed by atoms with Gasteiger partial charge in [-0.2, -0.15) is 0 Å². The van der Waals surface area contributed by atoms with Crippen molar-refractivity contribution in [3.63, 3.8) is 0 Å². The number of rotatable bonds is 2. The van der Waals surface area contributed by atoms with Gasteiger partial charge in [0, 0.05) is 11.1 Å². The SMILES string of the molecule is CCC1(CC)Cc2ccc(Cl)cc2[C@H]1N. The lowest BCUT2D eigenvalue weighted by Gasteiger charge is -2.31. The first-order chi connectivity index (χ1) is 7.13. The summed E-state index contributed by atoms with van der Waals surface area (Å²) in [5.41, 5.74) is 9.25. The molecule has 1 aromatic carbocycles. The topological polar surface area (TPSA) is 26.0 Å². The summed E-state index contributed by atoms with van der Waals surface area (Å²) in [5, 5.41) is 0.798. The summed E-state index contributed by atoms with van der Waals surface area (Å²) in [5.74, 6) is 0. The Bertz CT molecular complexity index is 369. The Morgan fingerprint density at radius 2 is 2.07 bits per heavy atom. The third kappa shape index (κ3) is 1.58. The van der Waals surface area contributed by atoms with Crippen LogP contribution in [0, 0.1) is 5.41 Å². The van der Waals surface area contributed by atoms with Gasteiger partial charge in [0.25, 0.3) is 0 Å². The zero-order valence-corrected chi connectivity index (χ0v) is 10.1. The maximum absolute atomic E-state index is 6.36. The molecule has 0 bridgehead atoms. The number of hydrogen-bond donors (Lipinski definition) is 1. The van der Waals surface area contributed by atoms with E-state index < -0.39 is 0 Å². The first kappa shape index (κ1) is 11.0. The maximum atomic E-state index is 6.36. The molecule has 0 aliphatic heterocycles. The minimum Gasteiger partial charge on any atom is -0.323 e. The average Bonchev–Trinajstić information content (AvgIpc) is 2.53. The van der Waals surface area contributed by atoms with Gasteiger partial charge in [-0.15, -0.1) is 0 Å². The monoisotopic (exact) mass is 223 g/mol. The molecule has 0 fully saturated rings. The molecule has 0 heterocycles. The van der Waals surface area contributed by atoms with Gasteiger partial charge in [-0.3, -0.25) is 0 Å². The predicted octanol–water partition coefficient (Wildman–Crippen LogP) is 3.70. The molecule has 2 N–H and O–H groups in total. The lowest BCUT2D eigenvalue weighted by atomic mass is 9.76. The molecule has 1 aliphatic rings. The number of halogens is 1. The van der Waals surface area contributed by atoms with Gasteiger partial charge >= 0.3 is 0 Å². The largest absolute Gasteiger partial charge is 0.323 e. The van der Waals surface area contributed by atoms with Gasteiger partial charge in [-0.25, -0.2) is 0 Å². The van der Waals surface area contributed by atoms with E-state index in [0.717, 1.165) is 24.3 Å². The van der Waals surface area contributed by atoms with Crippen LogP contribution in [0.15, 0.2) is 18.2 Å². The minimum atomic E-state index is 0.154. The quantitative estimate of drug-likeness (QED) is 0.813. The summed E-state index contributed by atoms with van der Waals surface area (Å²) < 4.78 is 0. The fourth-order valence-electron chi connectivity index (χ4n) is 2.78. The maximum Gasteiger partial charge on any atom is 0.0409 e. The van der Waals surface area contributed by atoms with Crippen LogP contribution < -0.4 is 5.73 Å². The molecule has 82 valence electrons. The van der Waals surface area contributed by atoms with Gasteiger partial charge in [-0.05, 0) is 47.9 Å². The van der Waals surface area contributed by atoms with Crippen LogP contribution in [0.2, 0.25) is 5.02 Å². The third-order valence-corrected chi connectivity index (χ3v) is 4.29. The van der Waals surface area contributed by atoms with E-state index in [1.54, 1.807) is 0 Å². The number of hydrogen-bond acceptors (Lipinski definition) is 1. The highest BCUT2D eigenvalue weighted by atomic mass is 35.5. The summed E-state index contributed by atoms with van der Waals surface area (Å²) >= 11 is 6.01. The van der Waals surface area contributed by atoms with E-state index in [1.807, 2.05) is 12.1 Å². The Kier molecular flexibility index (Phi) is 2.78. The van der Waals surface area contributed by atoms with E-state index in [9.17, 15) is 0 Å². The third-order valence-electron chi connectivity index (χ3n) is 4.05. The molecule has 1 atom stereocenters. The summed E-state index contributed by atoms with van der Waals surface area (Å²) in [4.78, 5) is 0. The highest BCUT2D eigenvalue weighted by Gasteiger charge is 2.41. The van der Waals surface area contributed by atoms with Crippen molar-refractivity contribution in [3.05, 3.63) is 34.3 Å². The first-order valence-electron chi connectivity index (χ1n) is 5.67. The summed E-state index contributed by atoms with van der Waals surface area (Å²) in [7, 11) is 0. The highest BCUT2D eigenvalue weighted by Crippen LogP contribution is 2.49. The van der Waals surface area contributed by atoms with Gasteiger partial charge in [0.05, 0.1) is 0 Å². The van der Waals surface area contributed by atoms with Crippen molar-refractivity contribution in [2.24, 2.45) is 11.1 Å². The molecule has 0 aromatic heterocycles. The van der Waals surface area contributed by atoms with E-state index >= 15 is 0 Å². The van der Waals surface area contributed by atoms with E-state index in [1.165, 1.54) is 11.1 Å². The van der Waals surface area contributed by atoms with Crippen molar-refractivity contribution in [3.8, 4) is 0 Å². The molecule has 1 nitrogen and oxygen atoms in total. The number of nitrogens with two attached hydrogens (primary N) is 1. The Hall–Kier alpha value is -0.530. The average molecular weight is 224 g/mol. The van der Waals surface area contributed by atoms with Crippen molar-refractivity contribution in [1.29, 1.82) is 0 Å². The summed E-state index contributed by atoms with van der Waals surface area (Å²) in [6.07, 6.45) is 3.38. The highest BCUT2D eigenvalue weighted by molar-refractivity contribution is 6.30. The lowest BCUT2D eigenvalue weighted by molar-refractivity contribution is 0.226. The summed E-state index contributed by atoms with van der Waals surface area (Å²) in [6.45, 7) is 4.47. The molecule has 0 amide bonds. The smallest absolute Gasteiger partial charge is 0.0409 e. The van der Waals surface area contributed by atoms with Crippen molar-refractivity contribution in [2.75, 3.05) is 0 Å². The fourth-order valence-corrected chi connectivity index (χ4v) is 2.96. The van der Waals surface area contributed by atoms with Crippen LogP contribution in [0.1, 0.15) is 43.9 Å². The molecule has 2 heteroatoms. The van der Waals surface area contributed by atoms with Crippen LogP contribution in [0.3, 0.4) is 0 Å². The van der Waals surface area contributed by atoms with Crippen LogP contribution in [-0.4, -0.2) is 0 Å². The predicted molar refractivity (Wildman–Crippen MR) is 65.1 cm³/mol. The van der Waals surface area contributed by atoms with Crippen LogP contribution in [0.25, 0.3) is 0 Å². The van der Waals surface area contributed by atoms with Gasteiger partial charge in [0.15, 0.2) is 0 Å². The molecule has 0 saturated carbocycles. The summed E-state index contributed by atoms with van der Waals surface area (Å²) in [6, 6.07) is 6.29. The molecule has 0 radical (unpaired) electrons. The molecule has 15 heavy (non-hydrogen) atoms. The van der Waals surface area contributed by atoms with Crippen LogP contribution in [-0.2, 0) is 6.42 Å². The number of benzene rings is 1. The zero-order chi connectivity index (χ0) is 11.1. The Morgan fingerprint density at radius 1 is 1.40 bits per heavy atom. The standard InChI is InChI=1S/C13H18ClN/c1-3-13(4-2)8-9-5-6-10(14)7-11(9)12(13)15/h5-7,12H,3-4,8,15H2,1-2H3/t12-/m1/s1. The molecule has 1 aromatic rings. The Labute approximate surface area is 96.6 Å². The van der Waals surface area contributed by atoms with Crippen molar-refractivity contribution in [1.82, 2.24) is 0 Å². The van der Waals surface area contributed by atoms with E-state index in [0.29, 0.717) is 0 Å². The second-order valence-electron chi connectivity index (χ2n) is 4.57. The molecule has 2 rings (SSSR count). The minimum absolute atomic E-state index is 0.154. The second-order valence-corrected chi connectivity index (χ2v) is 5.00. The lowest BCUT2D eigenvalue weighted by Crippen LogP contribution is -2.30. The zero-order valence-electron chi connectivity index (χ0n) is 9.39. The van der Waals surface area contributed by atoms with Crippen molar-refractivity contribution < 1.29 is 0 Å². The van der Waals surface area contributed by atoms with Gasteiger partial charge < -0.3 is 5.73 Å².